The third-order valence-electron chi connectivity index (χ3n) is 11.1. The minimum absolute atomic E-state index is 0.0830. The van der Waals surface area contributed by atoms with Crippen LogP contribution in [-0.2, 0) is 0 Å². The fourth-order valence-corrected chi connectivity index (χ4v) is 9.08. The molecule has 4 aliphatic carbocycles. The number of hydrogen-bond donors (Lipinski definition) is 6. The van der Waals surface area contributed by atoms with Crippen molar-refractivity contribution in [2.45, 2.75) is 109 Å². The summed E-state index contributed by atoms with van der Waals surface area (Å²) >= 11 is 0. The van der Waals surface area contributed by atoms with Crippen LogP contribution in [0, 0.1) is 46.3 Å². The van der Waals surface area contributed by atoms with E-state index in [0.29, 0.717) is 24.2 Å². The fourth-order valence-electron chi connectivity index (χ4n) is 9.08. The monoisotopic (exact) mass is 454 g/mol. The highest BCUT2D eigenvalue weighted by molar-refractivity contribution is 5.14. The molecule has 6 nitrogen and oxygen atoms in total. The van der Waals surface area contributed by atoms with Gasteiger partial charge in [0.1, 0.15) is 6.10 Å². The second-order valence-corrected chi connectivity index (χ2v) is 12.4. The van der Waals surface area contributed by atoms with Crippen molar-refractivity contribution in [2.24, 2.45) is 46.3 Å². The van der Waals surface area contributed by atoms with E-state index in [1.807, 2.05) is 0 Å². The van der Waals surface area contributed by atoms with E-state index < -0.39 is 24.9 Å². The Balaban J connectivity index is 1.53. The summed E-state index contributed by atoms with van der Waals surface area (Å²) in [6.45, 7) is 6.34. The van der Waals surface area contributed by atoms with Crippen molar-refractivity contribution in [1.29, 1.82) is 0 Å². The minimum Gasteiger partial charge on any atom is -0.394 e. The topological polar surface area (TPSA) is 121 Å². The van der Waals surface area contributed by atoms with E-state index in [4.69, 9.17) is 5.11 Å². The maximum atomic E-state index is 11.6. The summed E-state index contributed by atoms with van der Waals surface area (Å²) in [6, 6.07) is 0. The van der Waals surface area contributed by atoms with Gasteiger partial charge in [-0.2, -0.15) is 0 Å². The molecular formula is C26H46O6. The second kappa shape index (κ2) is 9.09. The van der Waals surface area contributed by atoms with E-state index in [2.05, 4.69) is 20.8 Å². The molecule has 0 saturated heterocycles. The zero-order valence-corrected chi connectivity index (χ0v) is 20.1. The van der Waals surface area contributed by atoms with E-state index in [9.17, 15) is 25.5 Å². The first-order valence-corrected chi connectivity index (χ1v) is 13.0. The molecule has 0 spiro atoms. The van der Waals surface area contributed by atoms with Crippen molar-refractivity contribution >= 4 is 0 Å². The van der Waals surface area contributed by atoms with Crippen LogP contribution < -0.4 is 0 Å². The maximum Gasteiger partial charge on any atom is 0.103 e. The molecule has 0 aromatic rings. The Kier molecular flexibility index (Phi) is 7.06. The van der Waals surface area contributed by atoms with Gasteiger partial charge in [-0.05, 0) is 104 Å². The highest BCUT2D eigenvalue weighted by Crippen LogP contribution is 2.68. The Morgan fingerprint density at radius 3 is 2.28 bits per heavy atom. The Bertz CT molecular complexity index is 658. The summed E-state index contributed by atoms with van der Waals surface area (Å²) in [5, 5.41) is 62.0. The van der Waals surface area contributed by atoms with Crippen molar-refractivity contribution in [1.82, 2.24) is 0 Å². The van der Waals surface area contributed by atoms with Gasteiger partial charge in [0, 0.05) is 0 Å². The van der Waals surface area contributed by atoms with Crippen molar-refractivity contribution in [3.8, 4) is 0 Å². The van der Waals surface area contributed by atoms with Crippen LogP contribution in [0.4, 0.5) is 0 Å². The van der Waals surface area contributed by atoms with Crippen LogP contribution in [-0.4, -0.2) is 67.8 Å². The van der Waals surface area contributed by atoms with Gasteiger partial charge in [0.15, 0.2) is 0 Å². The van der Waals surface area contributed by atoms with Crippen molar-refractivity contribution in [3.63, 3.8) is 0 Å². The van der Waals surface area contributed by atoms with Crippen LogP contribution in [0.3, 0.4) is 0 Å². The highest BCUT2D eigenvalue weighted by Gasteiger charge is 2.65. The average Bonchev–Trinajstić information content (AvgIpc) is 3.11. The molecule has 13 atom stereocenters. The van der Waals surface area contributed by atoms with Crippen LogP contribution in [0.15, 0.2) is 0 Å². The minimum atomic E-state index is -1.10. The predicted molar refractivity (Wildman–Crippen MR) is 122 cm³/mol. The number of rotatable bonds is 6. The third kappa shape index (κ3) is 3.87. The van der Waals surface area contributed by atoms with Crippen LogP contribution >= 0.6 is 0 Å². The number of hydrogen-bond acceptors (Lipinski definition) is 6. The molecule has 4 aliphatic rings. The van der Waals surface area contributed by atoms with Gasteiger partial charge in [-0.15, -0.1) is 0 Å². The van der Waals surface area contributed by atoms with Crippen LogP contribution in [0.5, 0.6) is 0 Å². The zero-order chi connectivity index (χ0) is 23.4. The Hall–Kier alpha value is -0.240. The van der Waals surface area contributed by atoms with Gasteiger partial charge in [-0.3, -0.25) is 0 Å². The van der Waals surface area contributed by atoms with Gasteiger partial charge < -0.3 is 30.6 Å². The van der Waals surface area contributed by atoms with Crippen LogP contribution in [0.25, 0.3) is 0 Å². The lowest BCUT2D eigenvalue weighted by Crippen LogP contribution is -2.62. The van der Waals surface area contributed by atoms with Gasteiger partial charge in [0.25, 0.3) is 0 Å². The lowest BCUT2D eigenvalue weighted by molar-refractivity contribution is -0.207. The Morgan fingerprint density at radius 1 is 0.875 bits per heavy atom. The zero-order valence-electron chi connectivity index (χ0n) is 20.1. The predicted octanol–water partition coefficient (Wildman–Crippen LogP) is 2.08. The van der Waals surface area contributed by atoms with Gasteiger partial charge in [0.2, 0.25) is 0 Å². The first-order valence-electron chi connectivity index (χ1n) is 13.0. The molecule has 0 aliphatic heterocycles. The summed E-state index contributed by atoms with van der Waals surface area (Å²) in [7, 11) is 0. The molecule has 0 amide bonds. The molecule has 0 bridgehead atoms. The molecule has 4 rings (SSSR count). The maximum absolute atomic E-state index is 11.6. The Morgan fingerprint density at radius 2 is 1.59 bits per heavy atom. The van der Waals surface area contributed by atoms with Gasteiger partial charge >= 0.3 is 0 Å². The molecule has 186 valence electrons. The lowest BCUT2D eigenvalue weighted by Gasteiger charge is -2.63. The van der Waals surface area contributed by atoms with Crippen molar-refractivity contribution in [2.75, 3.05) is 6.61 Å². The second-order valence-electron chi connectivity index (χ2n) is 12.4. The summed E-state index contributed by atoms with van der Waals surface area (Å²) in [6.07, 6.45) is 4.24. The average molecular weight is 455 g/mol. The Labute approximate surface area is 193 Å². The standard InChI is InChI=1S/C26H46O6/c1-14(4-7-20(29)22(31)13-27)17-5-6-18-24-19(12-23(32)26(17,18)3)25(2)9-8-16(28)10-15(25)11-21(24)30/h14-24,27-32H,4-13H2,1-3H3/t14-,15+,16-,17-,18+,19+,20?,21-,22?,23+,24-,25+,26-/m1/s1. The van der Waals surface area contributed by atoms with Crippen LogP contribution in [0.2, 0.25) is 0 Å². The molecular weight excluding hydrogens is 408 g/mol. The van der Waals surface area contributed by atoms with E-state index in [1.54, 1.807) is 0 Å². The summed E-state index contributed by atoms with van der Waals surface area (Å²) in [5.74, 6) is 1.72. The molecule has 4 saturated carbocycles. The smallest absolute Gasteiger partial charge is 0.103 e. The molecule has 32 heavy (non-hydrogen) atoms. The van der Waals surface area contributed by atoms with E-state index in [-0.39, 0.29) is 40.8 Å². The largest absolute Gasteiger partial charge is 0.394 e. The molecule has 4 fully saturated rings. The molecule has 0 heterocycles. The lowest BCUT2D eigenvalue weighted by atomic mass is 9.43. The van der Waals surface area contributed by atoms with E-state index in [0.717, 1.165) is 51.4 Å². The molecule has 0 aromatic heterocycles. The molecule has 2 unspecified atom stereocenters. The quantitative estimate of drug-likeness (QED) is 0.365. The van der Waals surface area contributed by atoms with Crippen molar-refractivity contribution in [3.05, 3.63) is 0 Å². The van der Waals surface area contributed by atoms with Gasteiger partial charge in [0.05, 0.1) is 31.0 Å². The first-order chi connectivity index (χ1) is 15.0. The molecule has 6 heteroatoms. The normalized spacial score (nSPS) is 51.3. The number of fused-ring (bicyclic) bond motifs is 5. The summed E-state index contributed by atoms with van der Waals surface area (Å²) in [5.41, 5.74) is -0.167. The number of aliphatic hydroxyl groups excluding tert-OH is 6. The third-order valence-corrected chi connectivity index (χ3v) is 11.1. The highest BCUT2D eigenvalue weighted by atomic mass is 16.4. The van der Waals surface area contributed by atoms with Gasteiger partial charge in [-0.1, -0.05) is 20.8 Å². The summed E-state index contributed by atoms with van der Waals surface area (Å²) < 4.78 is 0. The van der Waals surface area contributed by atoms with Crippen molar-refractivity contribution < 1.29 is 30.6 Å². The molecule has 0 radical (unpaired) electrons. The van der Waals surface area contributed by atoms with E-state index >= 15 is 0 Å². The molecule has 6 N–H and O–H groups in total. The summed E-state index contributed by atoms with van der Waals surface area (Å²) in [4.78, 5) is 0. The molecule has 0 aromatic carbocycles. The van der Waals surface area contributed by atoms with Crippen LogP contribution in [0.1, 0.15) is 78.6 Å². The van der Waals surface area contributed by atoms with E-state index in [1.165, 1.54) is 0 Å². The SMILES string of the molecule is C[C@H](CCC(O)C(O)CO)[C@H]1CC[C@H]2[C@H]3[C@H](O)C[C@@H]4C[C@H](O)CC[C@]4(C)[C@H]3C[C@H](O)[C@]12C. The first kappa shape index (κ1) is 24.9. The number of aliphatic hydroxyl groups is 6. The van der Waals surface area contributed by atoms with Gasteiger partial charge in [-0.25, -0.2) is 0 Å². The fraction of sp³-hybridized carbons (Fsp3) is 1.00.